The van der Waals surface area contributed by atoms with Crippen LogP contribution in [0.4, 0.5) is 0 Å². The molecule has 1 amide bonds. The number of cyclic esters (lactones) is 1. The minimum atomic E-state index is -0.825. The van der Waals surface area contributed by atoms with Crippen LogP contribution in [-0.4, -0.2) is 18.4 Å². The molecule has 3 atom stereocenters. The Kier molecular flexibility index (Phi) is 4.45. The van der Waals surface area contributed by atoms with Crippen molar-refractivity contribution < 1.29 is 14.3 Å². The van der Waals surface area contributed by atoms with Crippen molar-refractivity contribution in [2.45, 2.75) is 30.8 Å². The number of nitrogens with one attached hydrogen (secondary N) is 1. The Balaban J connectivity index is 1.45. The molecule has 134 valence electrons. The maximum atomic E-state index is 12.6. The first-order valence-corrected chi connectivity index (χ1v) is 9.26. The van der Waals surface area contributed by atoms with E-state index in [-0.39, 0.29) is 30.3 Å². The van der Waals surface area contributed by atoms with Gasteiger partial charge in [0, 0.05) is 23.8 Å². The van der Waals surface area contributed by atoms with Crippen LogP contribution in [0.15, 0.2) is 54.6 Å². The number of benzene rings is 2. The van der Waals surface area contributed by atoms with Crippen LogP contribution in [0.2, 0.25) is 5.02 Å². The molecule has 2 aromatic carbocycles. The number of carbonyl (C=O) groups excluding carboxylic acids is 2. The highest BCUT2D eigenvalue weighted by Gasteiger charge is 2.46. The summed E-state index contributed by atoms with van der Waals surface area (Å²) in [5.41, 5.74) is 1.20. The molecule has 0 spiro atoms. The molecule has 4 rings (SSSR count). The van der Waals surface area contributed by atoms with Crippen molar-refractivity contribution in [2.75, 3.05) is 6.54 Å². The van der Waals surface area contributed by atoms with Gasteiger partial charge < -0.3 is 10.1 Å². The first-order chi connectivity index (χ1) is 12.6. The fraction of sp³-hybridized carbons (Fsp3) is 0.333. The molecular formula is C21H20ClNO3. The van der Waals surface area contributed by atoms with Gasteiger partial charge in [-0.3, -0.25) is 9.59 Å². The second kappa shape index (κ2) is 6.76. The van der Waals surface area contributed by atoms with E-state index < -0.39 is 5.60 Å². The van der Waals surface area contributed by atoms with Crippen molar-refractivity contribution in [2.24, 2.45) is 5.92 Å². The maximum absolute atomic E-state index is 12.6. The van der Waals surface area contributed by atoms with E-state index in [4.69, 9.17) is 16.3 Å². The van der Waals surface area contributed by atoms with Crippen molar-refractivity contribution in [3.8, 4) is 0 Å². The van der Waals surface area contributed by atoms with E-state index >= 15 is 0 Å². The van der Waals surface area contributed by atoms with Crippen LogP contribution >= 0.6 is 11.6 Å². The van der Waals surface area contributed by atoms with Gasteiger partial charge in [-0.1, -0.05) is 54.1 Å². The standard InChI is InChI=1S/C21H20ClNO3/c22-16-8-4-7-15(11-16)21(10-9-19(24)26-21)13-23-20(25)18-12-17(18)14-5-2-1-3-6-14/h1-8,11,17-18H,9-10,12-13H2,(H,23,25)/t17-,18+,21?/m1/s1. The Morgan fingerprint density at radius 2 is 2.00 bits per heavy atom. The van der Waals surface area contributed by atoms with E-state index in [1.54, 1.807) is 12.1 Å². The highest BCUT2D eigenvalue weighted by molar-refractivity contribution is 6.30. The zero-order valence-electron chi connectivity index (χ0n) is 14.3. The Morgan fingerprint density at radius 1 is 1.19 bits per heavy atom. The second-order valence-electron chi connectivity index (χ2n) is 7.06. The normalized spacial score (nSPS) is 27.0. The molecule has 1 saturated heterocycles. The zero-order valence-corrected chi connectivity index (χ0v) is 15.0. The minimum absolute atomic E-state index is 0.00841. The third-order valence-electron chi connectivity index (χ3n) is 5.30. The monoisotopic (exact) mass is 369 g/mol. The third-order valence-corrected chi connectivity index (χ3v) is 5.53. The van der Waals surface area contributed by atoms with Gasteiger partial charge in [-0.2, -0.15) is 0 Å². The van der Waals surface area contributed by atoms with Crippen LogP contribution in [0.5, 0.6) is 0 Å². The first-order valence-electron chi connectivity index (χ1n) is 8.88. The van der Waals surface area contributed by atoms with Crippen molar-refractivity contribution in [3.63, 3.8) is 0 Å². The average Bonchev–Trinajstić information content (AvgIpc) is 3.37. The Bertz CT molecular complexity index is 838. The molecule has 1 N–H and O–H groups in total. The highest BCUT2D eigenvalue weighted by atomic mass is 35.5. The van der Waals surface area contributed by atoms with Gasteiger partial charge in [0.25, 0.3) is 0 Å². The molecule has 4 nitrogen and oxygen atoms in total. The molecule has 2 aromatic rings. The molecule has 5 heteroatoms. The second-order valence-corrected chi connectivity index (χ2v) is 7.49. The lowest BCUT2D eigenvalue weighted by Crippen LogP contribution is -2.41. The summed E-state index contributed by atoms with van der Waals surface area (Å²) in [7, 11) is 0. The number of carbonyl (C=O) groups is 2. The Morgan fingerprint density at radius 3 is 2.69 bits per heavy atom. The van der Waals surface area contributed by atoms with Gasteiger partial charge in [0.2, 0.25) is 5.91 Å². The van der Waals surface area contributed by atoms with Gasteiger partial charge in [-0.15, -0.1) is 0 Å². The van der Waals surface area contributed by atoms with Gasteiger partial charge >= 0.3 is 5.97 Å². The molecule has 26 heavy (non-hydrogen) atoms. The molecule has 0 radical (unpaired) electrons. The minimum Gasteiger partial charge on any atom is -0.452 e. The van der Waals surface area contributed by atoms with Gasteiger partial charge in [0.15, 0.2) is 5.60 Å². The van der Waals surface area contributed by atoms with Crippen LogP contribution in [0.25, 0.3) is 0 Å². The van der Waals surface area contributed by atoms with E-state index in [9.17, 15) is 9.59 Å². The van der Waals surface area contributed by atoms with E-state index in [1.165, 1.54) is 5.56 Å². The molecule has 1 aliphatic heterocycles. The van der Waals surface area contributed by atoms with Crippen LogP contribution in [0, 0.1) is 5.92 Å². The van der Waals surface area contributed by atoms with Crippen LogP contribution in [0.3, 0.4) is 0 Å². The number of hydrogen-bond donors (Lipinski definition) is 1. The number of amides is 1. The molecule has 1 saturated carbocycles. The van der Waals surface area contributed by atoms with Crippen molar-refractivity contribution in [1.82, 2.24) is 5.32 Å². The van der Waals surface area contributed by atoms with Crippen molar-refractivity contribution in [1.29, 1.82) is 0 Å². The number of rotatable bonds is 5. The lowest BCUT2D eigenvalue weighted by atomic mass is 9.90. The molecule has 1 aliphatic carbocycles. The summed E-state index contributed by atoms with van der Waals surface area (Å²) < 4.78 is 5.64. The van der Waals surface area contributed by atoms with Gasteiger partial charge in [-0.05, 0) is 35.6 Å². The van der Waals surface area contributed by atoms with E-state index in [2.05, 4.69) is 17.4 Å². The van der Waals surface area contributed by atoms with Crippen molar-refractivity contribution in [3.05, 3.63) is 70.7 Å². The largest absolute Gasteiger partial charge is 0.452 e. The molecule has 2 fully saturated rings. The van der Waals surface area contributed by atoms with Gasteiger partial charge in [0.1, 0.15) is 0 Å². The summed E-state index contributed by atoms with van der Waals surface area (Å²) >= 11 is 6.10. The summed E-state index contributed by atoms with van der Waals surface area (Å²) in [4.78, 5) is 24.4. The first kappa shape index (κ1) is 17.1. The van der Waals surface area contributed by atoms with Gasteiger partial charge in [-0.25, -0.2) is 0 Å². The van der Waals surface area contributed by atoms with Crippen molar-refractivity contribution >= 4 is 23.5 Å². The molecule has 1 unspecified atom stereocenters. The summed E-state index contributed by atoms with van der Waals surface area (Å²) in [6, 6.07) is 17.4. The zero-order chi connectivity index (χ0) is 18.1. The predicted molar refractivity (Wildman–Crippen MR) is 98.8 cm³/mol. The Hall–Kier alpha value is -2.33. The molecular weight excluding hydrogens is 350 g/mol. The van der Waals surface area contributed by atoms with Crippen LogP contribution < -0.4 is 5.32 Å². The lowest BCUT2D eigenvalue weighted by molar-refractivity contribution is -0.149. The maximum Gasteiger partial charge on any atom is 0.306 e. The SMILES string of the molecule is O=C1CCC(CNC(=O)[C@H]2C[C@@H]2c2ccccc2)(c2cccc(Cl)c2)O1. The van der Waals surface area contributed by atoms with E-state index in [0.717, 1.165) is 12.0 Å². The number of ether oxygens (including phenoxy) is 1. The highest BCUT2D eigenvalue weighted by Crippen LogP contribution is 2.47. The Labute approximate surface area is 157 Å². The third kappa shape index (κ3) is 3.34. The molecule has 0 bridgehead atoms. The fourth-order valence-corrected chi connectivity index (χ4v) is 3.93. The van der Waals surface area contributed by atoms with E-state index in [1.807, 2.05) is 30.3 Å². The topological polar surface area (TPSA) is 55.4 Å². The van der Waals surface area contributed by atoms with Crippen LogP contribution in [0.1, 0.15) is 36.3 Å². The van der Waals surface area contributed by atoms with Crippen LogP contribution in [-0.2, 0) is 19.9 Å². The summed E-state index contributed by atoms with van der Waals surface area (Å²) in [5.74, 6) is 0.0476. The number of halogens is 1. The van der Waals surface area contributed by atoms with E-state index in [0.29, 0.717) is 17.9 Å². The number of hydrogen-bond acceptors (Lipinski definition) is 3. The van der Waals surface area contributed by atoms with Gasteiger partial charge in [0.05, 0.1) is 6.54 Å². The molecule has 2 aliphatic rings. The predicted octanol–water partition coefficient (Wildman–Crippen LogP) is 3.79. The average molecular weight is 370 g/mol. The number of esters is 1. The molecule has 1 heterocycles. The summed E-state index contributed by atoms with van der Waals surface area (Å²) in [6.45, 7) is 0.274. The molecule has 0 aromatic heterocycles. The smallest absolute Gasteiger partial charge is 0.306 e. The summed E-state index contributed by atoms with van der Waals surface area (Å²) in [5, 5.41) is 3.59. The quantitative estimate of drug-likeness (QED) is 0.816. The fourth-order valence-electron chi connectivity index (χ4n) is 3.74. The summed E-state index contributed by atoms with van der Waals surface area (Å²) in [6.07, 6.45) is 1.75. The lowest BCUT2D eigenvalue weighted by Gasteiger charge is -2.28.